The summed E-state index contributed by atoms with van der Waals surface area (Å²) in [6, 6.07) is 7.45. The first-order chi connectivity index (χ1) is 18.4. The van der Waals surface area contributed by atoms with Gasteiger partial charge in [0.25, 0.3) is 5.91 Å². The smallest absolute Gasteiger partial charge is 0.379 e. The molecule has 0 bridgehead atoms. The summed E-state index contributed by atoms with van der Waals surface area (Å²) in [6.45, 7) is 2.45. The van der Waals surface area contributed by atoms with Gasteiger partial charge in [-0.3, -0.25) is 9.32 Å². The van der Waals surface area contributed by atoms with E-state index in [1.807, 2.05) is 6.07 Å². The number of hydrogen-bond donors (Lipinski definition) is 3. The Morgan fingerprint density at radius 1 is 0.895 bits per heavy atom. The SMILES string of the molecule is CCCCCCCCCCCCCCCCCCOC[C@H](COP(=O)(O)O)NC(=O)c1cccc(C#N)c1. The van der Waals surface area contributed by atoms with E-state index < -0.39 is 19.8 Å². The van der Waals surface area contributed by atoms with Gasteiger partial charge >= 0.3 is 7.82 Å². The van der Waals surface area contributed by atoms with Crippen LogP contribution in [0.3, 0.4) is 0 Å². The molecule has 0 aliphatic carbocycles. The molecule has 0 aliphatic heterocycles. The Bertz CT molecular complexity index is 839. The van der Waals surface area contributed by atoms with Gasteiger partial charge in [-0.05, 0) is 24.6 Å². The number of unbranched alkanes of at least 4 members (excludes halogenated alkanes) is 15. The first-order valence-electron chi connectivity index (χ1n) is 14.4. The third kappa shape index (κ3) is 19.3. The van der Waals surface area contributed by atoms with E-state index in [0.29, 0.717) is 12.2 Å². The molecular formula is C29H49N2O6P. The van der Waals surface area contributed by atoms with E-state index in [0.717, 1.165) is 19.3 Å². The van der Waals surface area contributed by atoms with Crippen molar-refractivity contribution < 1.29 is 28.4 Å². The molecule has 0 fully saturated rings. The molecule has 1 rings (SSSR count). The predicted molar refractivity (Wildman–Crippen MR) is 151 cm³/mol. The molecule has 0 saturated heterocycles. The monoisotopic (exact) mass is 552 g/mol. The second-order valence-corrected chi connectivity index (χ2v) is 11.3. The lowest BCUT2D eigenvalue weighted by Gasteiger charge is -2.19. The summed E-state index contributed by atoms with van der Waals surface area (Å²) in [4.78, 5) is 30.5. The first kappa shape index (κ1) is 34.3. The Labute approximate surface area is 229 Å². The molecule has 38 heavy (non-hydrogen) atoms. The Kier molecular flexibility index (Phi) is 19.9. The molecule has 9 heteroatoms. The molecule has 0 radical (unpaired) electrons. The van der Waals surface area contributed by atoms with Crippen LogP contribution >= 0.6 is 7.82 Å². The van der Waals surface area contributed by atoms with Gasteiger partial charge in [0.15, 0.2) is 0 Å². The van der Waals surface area contributed by atoms with Gasteiger partial charge in [0.1, 0.15) is 0 Å². The summed E-state index contributed by atoms with van der Waals surface area (Å²) in [5.74, 6) is -0.465. The summed E-state index contributed by atoms with van der Waals surface area (Å²) in [7, 11) is -4.68. The highest BCUT2D eigenvalue weighted by molar-refractivity contribution is 7.46. The van der Waals surface area contributed by atoms with Crippen LogP contribution in [0.1, 0.15) is 126 Å². The van der Waals surface area contributed by atoms with Crippen LogP contribution in [0.4, 0.5) is 0 Å². The number of nitrogens with zero attached hydrogens (tertiary/aromatic N) is 1. The van der Waals surface area contributed by atoms with Crippen LogP contribution in [0.15, 0.2) is 24.3 Å². The van der Waals surface area contributed by atoms with E-state index in [4.69, 9.17) is 19.8 Å². The fourth-order valence-electron chi connectivity index (χ4n) is 4.30. The highest BCUT2D eigenvalue weighted by atomic mass is 31.2. The zero-order valence-corrected chi connectivity index (χ0v) is 24.1. The van der Waals surface area contributed by atoms with E-state index in [2.05, 4.69) is 16.8 Å². The quantitative estimate of drug-likeness (QED) is 0.0926. The van der Waals surface area contributed by atoms with Crippen LogP contribution in [0.25, 0.3) is 0 Å². The maximum absolute atomic E-state index is 12.5. The minimum absolute atomic E-state index is 0.0718. The summed E-state index contributed by atoms with van der Waals surface area (Å²) >= 11 is 0. The van der Waals surface area contributed by atoms with Crippen LogP contribution in [0, 0.1) is 11.3 Å². The number of carbonyl (C=O) groups excluding carboxylic acids is 1. The van der Waals surface area contributed by atoms with Gasteiger partial charge in [0, 0.05) is 12.2 Å². The standard InChI is InChI=1S/C29H49N2O6P/c1-2-3-4-5-6-7-8-9-10-11-12-13-14-15-16-17-21-36-24-28(25-37-38(33,34)35)31-29(32)27-20-18-19-26(22-27)23-30/h18-20,22,28H,2-17,21,24-25H2,1H3,(H,31,32)(H2,33,34,35)/t28-/m1/s1. The maximum Gasteiger partial charge on any atom is 0.469 e. The minimum Gasteiger partial charge on any atom is -0.379 e. The second kappa shape index (κ2) is 22.1. The molecule has 0 spiro atoms. The Morgan fingerprint density at radius 2 is 1.42 bits per heavy atom. The summed E-state index contributed by atoms with van der Waals surface area (Å²) < 4.78 is 21.3. The fraction of sp³-hybridized carbons (Fsp3) is 0.724. The Morgan fingerprint density at radius 3 is 1.92 bits per heavy atom. The number of benzene rings is 1. The number of phosphoric acid groups is 1. The molecule has 0 aromatic heterocycles. The molecule has 1 amide bonds. The van der Waals surface area contributed by atoms with Crippen LogP contribution in [-0.2, 0) is 13.8 Å². The van der Waals surface area contributed by atoms with Crippen molar-refractivity contribution in [2.45, 2.75) is 116 Å². The van der Waals surface area contributed by atoms with Gasteiger partial charge in [0.2, 0.25) is 0 Å². The molecule has 216 valence electrons. The number of nitrogens with one attached hydrogen (secondary N) is 1. The van der Waals surface area contributed by atoms with Gasteiger partial charge in [-0.1, -0.05) is 109 Å². The number of hydrogen-bond acceptors (Lipinski definition) is 5. The zero-order chi connectivity index (χ0) is 27.9. The molecule has 3 N–H and O–H groups in total. The molecule has 0 unspecified atom stereocenters. The van der Waals surface area contributed by atoms with Crippen LogP contribution in [0.2, 0.25) is 0 Å². The Hall–Kier alpha value is -1.75. The van der Waals surface area contributed by atoms with E-state index >= 15 is 0 Å². The van der Waals surface area contributed by atoms with Gasteiger partial charge in [0.05, 0.1) is 30.9 Å². The number of carbonyl (C=O) groups is 1. The largest absolute Gasteiger partial charge is 0.469 e. The van der Waals surface area contributed by atoms with Crippen molar-refractivity contribution in [3.05, 3.63) is 35.4 Å². The lowest BCUT2D eigenvalue weighted by Crippen LogP contribution is -2.41. The van der Waals surface area contributed by atoms with E-state index in [-0.39, 0.29) is 18.8 Å². The predicted octanol–water partition coefficient (Wildman–Crippen LogP) is 7.04. The average Bonchev–Trinajstić information content (AvgIpc) is 2.90. The van der Waals surface area contributed by atoms with Crippen molar-refractivity contribution in [2.24, 2.45) is 0 Å². The number of phosphoric ester groups is 1. The van der Waals surface area contributed by atoms with Crippen molar-refractivity contribution in [1.29, 1.82) is 5.26 Å². The first-order valence-corrected chi connectivity index (χ1v) is 16.0. The van der Waals surface area contributed by atoms with Crippen molar-refractivity contribution in [3.63, 3.8) is 0 Å². The van der Waals surface area contributed by atoms with Crippen LogP contribution in [0.5, 0.6) is 0 Å². The number of amides is 1. The third-order valence-electron chi connectivity index (χ3n) is 6.49. The maximum atomic E-state index is 12.5. The van der Waals surface area contributed by atoms with Crippen molar-refractivity contribution >= 4 is 13.7 Å². The fourth-order valence-corrected chi connectivity index (χ4v) is 4.67. The van der Waals surface area contributed by atoms with E-state index in [1.165, 1.54) is 89.5 Å². The molecule has 1 atom stereocenters. The highest BCUT2D eigenvalue weighted by Gasteiger charge is 2.21. The minimum atomic E-state index is -4.68. The summed E-state index contributed by atoms with van der Waals surface area (Å²) in [6.07, 6.45) is 20.7. The number of nitriles is 1. The van der Waals surface area contributed by atoms with Gasteiger partial charge in [-0.15, -0.1) is 0 Å². The van der Waals surface area contributed by atoms with Crippen LogP contribution < -0.4 is 5.32 Å². The molecule has 1 aromatic rings. The number of rotatable bonds is 24. The van der Waals surface area contributed by atoms with Gasteiger partial charge in [-0.2, -0.15) is 5.26 Å². The highest BCUT2D eigenvalue weighted by Crippen LogP contribution is 2.35. The normalized spacial score (nSPS) is 12.3. The lowest BCUT2D eigenvalue weighted by molar-refractivity contribution is 0.0698. The van der Waals surface area contributed by atoms with Crippen LogP contribution in [-0.4, -0.2) is 41.6 Å². The van der Waals surface area contributed by atoms with E-state index in [1.54, 1.807) is 18.2 Å². The zero-order valence-electron chi connectivity index (χ0n) is 23.2. The van der Waals surface area contributed by atoms with Crippen molar-refractivity contribution in [1.82, 2.24) is 5.32 Å². The Balaban J connectivity index is 2.11. The summed E-state index contributed by atoms with van der Waals surface area (Å²) in [5.41, 5.74) is 0.628. The average molecular weight is 553 g/mol. The molecular weight excluding hydrogens is 503 g/mol. The number of ether oxygens (including phenoxy) is 1. The molecule has 0 heterocycles. The lowest BCUT2D eigenvalue weighted by atomic mass is 10.0. The summed E-state index contributed by atoms with van der Waals surface area (Å²) in [5, 5.41) is 11.7. The van der Waals surface area contributed by atoms with Crippen molar-refractivity contribution in [2.75, 3.05) is 19.8 Å². The van der Waals surface area contributed by atoms with Gasteiger partial charge < -0.3 is 19.8 Å². The van der Waals surface area contributed by atoms with E-state index in [9.17, 15) is 9.36 Å². The van der Waals surface area contributed by atoms with Gasteiger partial charge in [-0.25, -0.2) is 4.57 Å². The molecule has 0 aliphatic rings. The second-order valence-electron chi connectivity index (χ2n) is 10.0. The van der Waals surface area contributed by atoms with Crippen molar-refractivity contribution in [3.8, 4) is 6.07 Å². The third-order valence-corrected chi connectivity index (χ3v) is 6.98. The molecule has 8 nitrogen and oxygen atoms in total. The molecule has 0 saturated carbocycles. The molecule has 1 aromatic carbocycles. The topological polar surface area (TPSA) is 129 Å².